The molecule has 3 amide bonds. The Morgan fingerprint density at radius 3 is 2.63 bits per heavy atom. The number of nitrogens with one attached hydrogen (secondary N) is 3. The Labute approximate surface area is 325 Å². The molecule has 19 heteroatoms. The number of likely N-dealkylation sites (tertiary alicyclic amines) is 2. The van der Waals surface area contributed by atoms with Crippen LogP contribution in [0.3, 0.4) is 0 Å². The zero-order valence-corrected chi connectivity index (χ0v) is 31.2. The number of carbonyl (C=O) groups is 3. The molecule has 1 unspecified atom stereocenters. The molecule has 3 N–H and O–H groups in total. The zero-order valence-electron chi connectivity index (χ0n) is 31.2. The molecule has 1 atom stereocenters. The van der Waals surface area contributed by atoms with Crippen LogP contribution in [0.25, 0.3) is 27.7 Å². The number of anilines is 2. The maximum absolute atomic E-state index is 13.3. The molecular formula is C38H42N14O5. The van der Waals surface area contributed by atoms with Crippen LogP contribution >= 0.6 is 0 Å². The Balaban J connectivity index is 0.734. The highest BCUT2D eigenvalue weighted by Gasteiger charge is 2.31. The largest absolute Gasteiger partial charge is 0.467 e. The van der Waals surface area contributed by atoms with E-state index < -0.39 is 17.5 Å². The van der Waals surface area contributed by atoms with Gasteiger partial charge in [-0.2, -0.15) is 9.78 Å². The topological polar surface area (TPSA) is 216 Å². The van der Waals surface area contributed by atoms with Crippen LogP contribution in [-0.4, -0.2) is 111 Å². The summed E-state index contributed by atoms with van der Waals surface area (Å²) in [5.41, 5.74) is 3.00. The normalized spacial score (nSPS) is 18.7. The molecule has 0 bridgehead atoms. The van der Waals surface area contributed by atoms with Gasteiger partial charge < -0.3 is 24.9 Å². The van der Waals surface area contributed by atoms with Crippen LogP contribution in [0.1, 0.15) is 56.4 Å². The lowest BCUT2D eigenvalue weighted by atomic mass is 9.94. The van der Waals surface area contributed by atoms with E-state index in [0.717, 1.165) is 66.9 Å². The molecule has 3 aliphatic rings. The standard InChI is InChI=1S/C38H42N14O5/c53-33-6-5-32(36(55)44-33)52-37(56)29-16-26(3-4-31(29)45-47-52)39-20-34(54)49-13-7-24(8-14-49)21-48-11-9-27(10-12-48)51-22-25(17-43-51)30-19-41-38(50-23-42-46-35(30)50)40-18-28-2-1-15-57-28/h1-4,15-17,19,22-24,27,32,39H,5-14,18,20-21H2,(H,40,41)(H,44,53,55). The van der Waals surface area contributed by atoms with Gasteiger partial charge >= 0.3 is 0 Å². The SMILES string of the molecule is O=C1CCC(n2nnc3ccc(NCC(=O)N4CCC(CN5CCC(n6cc(-c7cnc(NCc8ccco8)n8cnnc78)cn6)CC5)CC4)cc3c2=O)C(=O)N1. The lowest BCUT2D eigenvalue weighted by Gasteiger charge is -2.37. The van der Waals surface area contributed by atoms with Crippen molar-refractivity contribution in [3.05, 3.63) is 77.6 Å². The van der Waals surface area contributed by atoms with Crippen LogP contribution in [-0.2, 0) is 20.9 Å². The minimum atomic E-state index is -0.903. The van der Waals surface area contributed by atoms with Crippen molar-refractivity contribution >= 4 is 45.9 Å². The van der Waals surface area contributed by atoms with Crippen LogP contribution in [0.15, 0.2) is 70.7 Å². The number of amides is 3. The van der Waals surface area contributed by atoms with Gasteiger partial charge in [-0.25, -0.2) is 4.98 Å². The van der Waals surface area contributed by atoms with Crippen molar-refractivity contribution in [2.24, 2.45) is 5.92 Å². The highest BCUT2D eigenvalue weighted by Crippen LogP contribution is 2.29. The number of rotatable bonds is 11. The van der Waals surface area contributed by atoms with E-state index in [1.807, 2.05) is 27.6 Å². The maximum Gasteiger partial charge on any atom is 0.278 e. The number of aromatic nitrogens is 9. The summed E-state index contributed by atoms with van der Waals surface area (Å²) in [6, 6.07) is 8.19. The van der Waals surface area contributed by atoms with Crippen LogP contribution in [0.5, 0.6) is 0 Å². The summed E-state index contributed by atoms with van der Waals surface area (Å²) in [6.07, 6.45) is 13.3. The van der Waals surface area contributed by atoms with E-state index in [1.54, 1.807) is 37.0 Å². The van der Waals surface area contributed by atoms with Gasteiger partial charge in [0.25, 0.3) is 11.5 Å². The molecule has 0 spiro atoms. The van der Waals surface area contributed by atoms with Crippen LogP contribution in [0, 0.1) is 5.92 Å². The molecule has 1 aromatic carbocycles. The van der Waals surface area contributed by atoms with E-state index >= 15 is 0 Å². The van der Waals surface area contributed by atoms with Crippen molar-refractivity contribution in [2.75, 3.05) is 49.9 Å². The van der Waals surface area contributed by atoms with Gasteiger partial charge in [0.2, 0.25) is 17.8 Å². The van der Waals surface area contributed by atoms with Gasteiger partial charge in [0, 0.05) is 68.4 Å². The molecule has 6 aromatic rings. The molecule has 0 radical (unpaired) electrons. The van der Waals surface area contributed by atoms with Gasteiger partial charge in [0.1, 0.15) is 23.6 Å². The Hall–Kier alpha value is -6.50. The summed E-state index contributed by atoms with van der Waals surface area (Å²) in [7, 11) is 0. The van der Waals surface area contributed by atoms with E-state index in [4.69, 9.17) is 9.52 Å². The van der Waals surface area contributed by atoms with Crippen LogP contribution in [0.4, 0.5) is 11.6 Å². The van der Waals surface area contributed by atoms with Crippen LogP contribution < -0.4 is 21.5 Å². The van der Waals surface area contributed by atoms with Crippen molar-refractivity contribution in [2.45, 2.75) is 57.2 Å². The lowest BCUT2D eigenvalue weighted by molar-refractivity contribution is -0.136. The predicted molar refractivity (Wildman–Crippen MR) is 206 cm³/mol. The number of benzene rings is 1. The molecule has 0 aliphatic carbocycles. The lowest BCUT2D eigenvalue weighted by Crippen LogP contribution is -2.45. The number of nitrogens with zero attached hydrogens (tertiary/aromatic N) is 11. The zero-order chi connectivity index (χ0) is 38.9. The first-order valence-electron chi connectivity index (χ1n) is 19.3. The number of hydrogen-bond donors (Lipinski definition) is 3. The number of piperidine rings is 3. The van der Waals surface area contributed by atoms with E-state index in [2.05, 4.69) is 57.2 Å². The van der Waals surface area contributed by atoms with Gasteiger partial charge in [-0.15, -0.1) is 15.3 Å². The Kier molecular flexibility index (Phi) is 9.87. The first-order valence-corrected chi connectivity index (χ1v) is 19.3. The number of fused-ring (bicyclic) bond motifs is 2. The molecule has 19 nitrogen and oxygen atoms in total. The van der Waals surface area contributed by atoms with E-state index in [0.29, 0.717) is 54.4 Å². The third-order valence-corrected chi connectivity index (χ3v) is 11.3. The molecule has 57 heavy (non-hydrogen) atoms. The van der Waals surface area contributed by atoms with Gasteiger partial charge in [-0.1, -0.05) is 5.21 Å². The minimum absolute atomic E-state index is 0.0000327. The van der Waals surface area contributed by atoms with Crippen molar-refractivity contribution < 1.29 is 18.8 Å². The van der Waals surface area contributed by atoms with Gasteiger partial charge in [0.05, 0.1) is 37.0 Å². The smallest absolute Gasteiger partial charge is 0.278 e. The molecule has 294 valence electrons. The summed E-state index contributed by atoms with van der Waals surface area (Å²) >= 11 is 0. The number of imide groups is 1. The fourth-order valence-corrected chi connectivity index (χ4v) is 8.08. The summed E-state index contributed by atoms with van der Waals surface area (Å²) < 4.78 is 10.4. The molecule has 3 aliphatic heterocycles. The first-order chi connectivity index (χ1) is 27.9. The Morgan fingerprint density at radius 1 is 0.965 bits per heavy atom. The van der Waals surface area contributed by atoms with Gasteiger partial charge in [-0.3, -0.25) is 33.6 Å². The van der Waals surface area contributed by atoms with Gasteiger partial charge in [-0.05, 0) is 68.4 Å². The molecule has 8 heterocycles. The van der Waals surface area contributed by atoms with Crippen molar-refractivity contribution in [3.8, 4) is 11.1 Å². The summed E-state index contributed by atoms with van der Waals surface area (Å²) in [5.74, 6) is 1.01. The monoisotopic (exact) mass is 774 g/mol. The van der Waals surface area contributed by atoms with Gasteiger partial charge in [0.15, 0.2) is 5.65 Å². The predicted octanol–water partition coefficient (Wildman–Crippen LogP) is 2.26. The highest BCUT2D eigenvalue weighted by atomic mass is 16.3. The average molecular weight is 775 g/mol. The third-order valence-electron chi connectivity index (χ3n) is 11.3. The number of hydrogen-bond acceptors (Lipinski definition) is 14. The van der Waals surface area contributed by atoms with Crippen molar-refractivity contribution in [1.82, 2.24) is 59.5 Å². The second-order valence-electron chi connectivity index (χ2n) is 14.9. The second-order valence-corrected chi connectivity index (χ2v) is 14.9. The molecular weight excluding hydrogens is 733 g/mol. The highest BCUT2D eigenvalue weighted by molar-refractivity contribution is 5.99. The number of carbonyl (C=O) groups excluding carboxylic acids is 3. The fraction of sp³-hybridized carbons (Fsp3) is 0.421. The molecule has 0 saturated carbocycles. The van der Waals surface area contributed by atoms with E-state index in [9.17, 15) is 19.2 Å². The Bertz CT molecular complexity index is 2480. The first kappa shape index (κ1) is 36.2. The summed E-state index contributed by atoms with van der Waals surface area (Å²) in [6.45, 7) is 5.00. The quantitative estimate of drug-likeness (QED) is 0.161. The Morgan fingerprint density at radius 2 is 1.82 bits per heavy atom. The fourth-order valence-electron chi connectivity index (χ4n) is 8.08. The number of furan rings is 1. The molecule has 3 saturated heterocycles. The summed E-state index contributed by atoms with van der Waals surface area (Å²) in [5, 5.41) is 30.3. The molecule has 9 rings (SSSR count). The third kappa shape index (κ3) is 7.57. The van der Waals surface area contributed by atoms with Crippen molar-refractivity contribution in [3.63, 3.8) is 0 Å². The minimum Gasteiger partial charge on any atom is -0.467 e. The van der Waals surface area contributed by atoms with E-state index in [1.165, 1.54) is 0 Å². The molecule has 3 fully saturated rings. The summed E-state index contributed by atoms with van der Waals surface area (Å²) in [4.78, 5) is 59.4. The van der Waals surface area contributed by atoms with Crippen LogP contribution in [0.2, 0.25) is 0 Å². The second kappa shape index (κ2) is 15.6. The maximum atomic E-state index is 13.3. The van der Waals surface area contributed by atoms with E-state index in [-0.39, 0.29) is 36.6 Å². The van der Waals surface area contributed by atoms with Crippen molar-refractivity contribution in [1.29, 1.82) is 0 Å². The average Bonchev–Trinajstić information content (AvgIpc) is 4.04. The molecule has 5 aromatic heterocycles.